The molecule has 21 heavy (non-hydrogen) atoms. The number of rotatable bonds is 7. The van der Waals surface area contributed by atoms with Gasteiger partial charge in [-0.1, -0.05) is 6.08 Å². The van der Waals surface area contributed by atoms with Gasteiger partial charge in [0.05, 0.1) is 18.1 Å². The summed E-state index contributed by atoms with van der Waals surface area (Å²) in [4.78, 5) is 25.4. The van der Waals surface area contributed by atoms with Crippen LogP contribution in [-0.4, -0.2) is 37.9 Å². The number of ketones is 1. The zero-order chi connectivity index (χ0) is 15.3. The van der Waals surface area contributed by atoms with E-state index in [1.165, 1.54) is 0 Å². The molecule has 0 radical (unpaired) electrons. The fourth-order valence-corrected chi connectivity index (χ4v) is 4.81. The highest BCUT2D eigenvalue weighted by molar-refractivity contribution is 6.06. The number of hydrogen-bond donors (Lipinski definition) is 0. The third-order valence-electron chi connectivity index (χ3n) is 5.62. The van der Waals surface area contributed by atoms with Crippen molar-refractivity contribution in [3.63, 3.8) is 0 Å². The Morgan fingerprint density at radius 2 is 2.24 bits per heavy atom. The Balaban J connectivity index is 1.95. The first-order valence-electron chi connectivity index (χ1n) is 7.50. The molecule has 0 saturated heterocycles. The summed E-state index contributed by atoms with van der Waals surface area (Å²) in [5.41, 5.74) is -1.92. The molecule has 0 heterocycles. The van der Waals surface area contributed by atoms with Crippen molar-refractivity contribution >= 4 is 11.8 Å². The lowest BCUT2D eigenvalue weighted by Gasteiger charge is -2.41. The van der Waals surface area contributed by atoms with Crippen LogP contribution in [0.2, 0.25) is 0 Å². The van der Waals surface area contributed by atoms with Crippen LogP contribution in [0.5, 0.6) is 0 Å². The Kier molecular flexibility index (Phi) is 3.26. The number of Topliss-reactive ketones (excluding diaryl/α,β-unsaturated/α-hetero) is 1. The monoisotopic (exact) mass is 294 g/mol. The summed E-state index contributed by atoms with van der Waals surface area (Å²) in [5.74, 6) is -0.504. The van der Waals surface area contributed by atoms with E-state index in [0.717, 1.165) is 6.42 Å². The van der Waals surface area contributed by atoms with Crippen molar-refractivity contribution in [2.24, 2.45) is 16.7 Å². The molecule has 0 amide bonds. The Morgan fingerprint density at radius 3 is 2.86 bits per heavy atom. The smallest absolute Gasteiger partial charge is 0.315 e. The number of esters is 1. The summed E-state index contributed by atoms with van der Waals surface area (Å²) < 4.78 is 16.1. The summed E-state index contributed by atoms with van der Waals surface area (Å²) in [7, 11) is 1.54. The highest BCUT2D eigenvalue weighted by atomic mass is 16.7. The van der Waals surface area contributed by atoms with Gasteiger partial charge >= 0.3 is 5.97 Å². The molecule has 5 nitrogen and oxygen atoms in total. The van der Waals surface area contributed by atoms with Crippen LogP contribution in [0.25, 0.3) is 0 Å². The predicted molar refractivity (Wildman–Crippen MR) is 74.4 cm³/mol. The zero-order valence-corrected chi connectivity index (χ0v) is 12.6. The molecule has 4 saturated carbocycles. The topological polar surface area (TPSA) is 61.8 Å². The number of hydrogen-bond acceptors (Lipinski definition) is 5. The van der Waals surface area contributed by atoms with Crippen molar-refractivity contribution in [2.75, 3.05) is 20.5 Å². The van der Waals surface area contributed by atoms with E-state index in [4.69, 9.17) is 14.2 Å². The first-order chi connectivity index (χ1) is 10.0. The van der Waals surface area contributed by atoms with Crippen LogP contribution < -0.4 is 0 Å². The first-order valence-corrected chi connectivity index (χ1v) is 7.50. The average Bonchev–Trinajstić information content (AvgIpc) is 3.00. The Morgan fingerprint density at radius 1 is 1.48 bits per heavy atom. The van der Waals surface area contributed by atoms with Gasteiger partial charge in [-0.3, -0.25) is 9.59 Å². The van der Waals surface area contributed by atoms with E-state index in [-0.39, 0.29) is 24.5 Å². The van der Waals surface area contributed by atoms with E-state index in [9.17, 15) is 9.59 Å². The second-order valence-corrected chi connectivity index (χ2v) is 6.38. The molecule has 1 unspecified atom stereocenters. The number of carbonyl (C=O) groups excluding carboxylic acids is 2. The summed E-state index contributed by atoms with van der Waals surface area (Å²) in [6, 6.07) is 0. The molecule has 4 fully saturated rings. The van der Waals surface area contributed by atoms with E-state index in [1.807, 2.05) is 0 Å². The lowest BCUT2D eigenvalue weighted by atomic mass is 9.65. The van der Waals surface area contributed by atoms with Crippen molar-refractivity contribution in [3.8, 4) is 0 Å². The van der Waals surface area contributed by atoms with Gasteiger partial charge < -0.3 is 14.2 Å². The molecule has 4 aliphatic carbocycles. The van der Waals surface area contributed by atoms with Crippen molar-refractivity contribution in [3.05, 3.63) is 12.7 Å². The molecular formula is C16H22O5. The van der Waals surface area contributed by atoms with E-state index in [2.05, 4.69) is 6.58 Å². The lowest BCUT2D eigenvalue weighted by molar-refractivity contribution is -0.171. The molecule has 0 aromatic heterocycles. The third-order valence-corrected chi connectivity index (χ3v) is 5.62. The van der Waals surface area contributed by atoms with Gasteiger partial charge in [-0.2, -0.15) is 0 Å². The maximum Gasteiger partial charge on any atom is 0.315 e. The molecule has 0 aliphatic heterocycles. The van der Waals surface area contributed by atoms with E-state index in [0.29, 0.717) is 25.9 Å². The minimum Gasteiger partial charge on any atom is -0.465 e. The highest BCUT2D eigenvalue weighted by Gasteiger charge is 2.93. The van der Waals surface area contributed by atoms with Gasteiger partial charge in [0.1, 0.15) is 18.0 Å². The quantitative estimate of drug-likeness (QED) is 0.407. The SMILES string of the molecule is C=CC[C@]12CC[C@]3(OCOC)C(C1=O)[C@]3(C(=O)OCC)C2. The van der Waals surface area contributed by atoms with Gasteiger partial charge in [0.25, 0.3) is 0 Å². The van der Waals surface area contributed by atoms with Crippen LogP contribution in [-0.2, 0) is 23.8 Å². The van der Waals surface area contributed by atoms with Crippen LogP contribution in [0.1, 0.15) is 32.6 Å². The van der Waals surface area contributed by atoms with Crippen molar-refractivity contribution in [1.29, 1.82) is 0 Å². The minimum atomic E-state index is -0.792. The lowest BCUT2D eigenvalue weighted by Crippen LogP contribution is -2.46. The molecule has 4 rings (SSSR count). The number of ether oxygens (including phenoxy) is 3. The summed E-state index contributed by atoms with van der Waals surface area (Å²) in [5, 5.41) is 0. The van der Waals surface area contributed by atoms with Gasteiger partial charge in [-0.15, -0.1) is 6.58 Å². The average molecular weight is 294 g/mol. The molecule has 0 N–H and O–H groups in total. The summed E-state index contributed by atoms with van der Waals surface area (Å²) >= 11 is 0. The van der Waals surface area contributed by atoms with Crippen molar-refractivity contribution < 1.29 is 23.8 Å². The van der Waals surface area contributed by atoms with E-state index in [1.54, 1.807) is 20.1 Å². The van der Waals surface area contributed by atoms with Crippen LogP contribution in [0, 0.1) is 16.7 Å². The molecule has 116 valence electrons. The molecule has 0 aromatic carbocycles. The summed E-state index contributed by atoms with van der Waals surface area (Å²) in [6.45, 7) is 5.95. The Labute approximate surface area is 124 Å². The molecule has 0 spiro atoms. The second-order valence-electron chi connectivity index (χ2n) is 6.38. The summed E-state index contributed by atoms with van der Waals surface area (Å²) in [6.07, 6.45) is 4.39. The van der Waals surface area contributed by atoms with Gasteiger partial charge in [-0.25, -0.2) is 0 Å². The van der Waals surface area contributed by atoms with Crippen LogP contribution in [0.4, 0.5) is 0 Å². The highest BCUT2D eigenvalue weighted by Crippen LogP contribution is 2.82. The van der Waals surface area contributed by atoms with Crippen LogP contribution in [0.15, 0.2) is 12.7 Å². The van der Waals surface area contributed by atoms with Gasteiger partial charge in [0, 0.05) is 12.5 Å². The number of carbonyl (C=O) groups is 2. The third kappa shape index (κ3) is 1.53. The van der Waals surface area contributed by atoms with Gasteiger partial charge in [0.15, 0.2) is 0 Å². The van der Waals surface area contributed by atoms with Crippen LogP contribution >= 0.6 is 0 Å². The van der Waals surface area contributed by atoms with Crippen molar-refractivity contribution in [1.82, 2.24) is 0 Å². The molecular weight excluding hydrogens is 272 g/mol. The van der Waals surface area contributed by atoms with Crippen LogP contribution in [0.3, 0.4) is 0 Å². The molecule has 4 aliphatic rings. The predicted octanol–water partition coefficient (Wildman–Crippen LogP) is 1.85. The Bertz CT molecular complexity index is 501. The number of methoxy groups -OCH3 is 1. The maximum absolute atomic E-state index is 12.8. The van der Waals surface area contributed by atoms with Gasteiger partial charge in [-0.05, 0) is 32.6 Å². The minimum absolute atomic E-state index is 0.0966. The molecule has 4 atom stereocenters. The van der Waals surface area contributed by atoms with Crippen molar-refractivity contribution in [2.45, 2.75) is 38.2 Å². The fourth-order valence-electron chi connectivity index (χ4n) is 4.81. The second kappa shape index (κ2) is 4.65. The fraction of sp³-hybridized carbons (Fsp3) is 0.750. The maximum atomic E-state index is 12.8. The largest absolute Gasteiger partial charge is 0.465 e. The van der Waals surface area contributed by atoms with E-state index < -0.39 is 16.4 Å². The first kappa shape index (κ1) is 14.7. The number of fused-ring (bicyclic) bond motifs is 1. The number of allylic oxidation sites excluding steroid dienone is 1. The Hall–Kier alpha value is -1.20. The standard InChI is InChI=1S/C16H22O5/c1-4-6-14-7-8-16(21-10-19-3)11(12(14)17)15(16,9-14)13(18)20-5-2/h4,11H,1,5-10H2,2-3H3/t11?,14-,15+,16+/m1/s1. The molecule has 4 bridgehead atoms. The molecule has 5 heteroatoms. The van der Waals surface area contributed by atoms with Gasteiger partial charge in [0.2, 0.25) is 0 Å². The van der Waals surface area contributed by atoms with E-state index >= 15 is 0 Å². The zero-order valence-electron chi connectivity index (χ0n) is 12.6. The normalized spacial score (nSPS) is 42.8. The molecule has 0 aromatic rings.